The quantitative estimate of drug-likeness (QED) is 0.349. The lowest BCUT2D eigenvalue weighted by Crippen LogP contribution is -2.57. The van der Waals surface area contributed by atoms with Gasteiger partial charge in [-0.15, -0.1) is 23.2 Å². The smallest absolute Gasteiger partial charge is 0.247 e. The van der Waals surface area contributed by atoms with Gasteiger partial charge in [-0.25, -0.2) is 0 Å². The van der Waals surface area contributed by atoms with Crippen molar-refractivity contribution in [3.05, 3.63) is 95.1 Å². The number of carbonyl (C=O) groups excluding carboxylic acids is 3. The minimum atomic E-state index is -1.29. The highest BCUT2D eigenvalue weighted by molar-refractivity contribution is 6.36. The van der Waals surface area contributed by atoms with Crippen LogP contribution in [0.2, 0.25) is 0 Å². The molecule has 1 heterocycles. The molecule has 3 atom stereocenters. The van der Waals surface area contributed by atoms with Gasteiger partial charge in [0.1, 0.15) is 21.5 Å². The van der Waals surface area contributed by atoms with Crippen molar-refractivity contribution < 1.29 is 19.1 Å². The molecule has 1 saturated heterocycles. The molecule has 2 bridgehead atoms. The molecule has 3 amide bonds. The van der Waals surface area contributed by atoms with Crippen LogP contribution in [0.1, 0.15) is 36.1 Å². The molecule has 0 radical (unpaired) electrons. The molecule has 0 spiro atoms. The van der Waals surface area contributed by atoms with Crippen LogP contribution < -0.4 is 10.1 Å². The van der Waals surface area contributed by atoms with E-state index in [1.54, 1.807) is 31.4 Å². The zero-order valence-corrected chi connectivity index (χ0v) is 22.6. The van der Waals surface area contributed by atoms with Crippen LogP contribution in [-0.2, 0) is 24.1 Å². The number of carbonyl (C=O) groups is 3. The lowest BCUT2D eigenvalue weighted by atomic mass is 9.54. The Morgan fingerprint density at radius 2 is 1.24 bits per heavy atom. The molecule has 0 aromatic heterocycles. The predicted molar refractivity (Wildman–Crippen MR) is 145 cm³/mol. The van der Waals surface area contributed by atoms with Crippen molar-refractivity contribution in [1.29, 1.82) is 0 Å². The lowest BCUT2D eigenvalue weighted by Gasteiger charge is -2.54. The molecule has 6 nitrogen and oxygen atoms in total. The van der Waals surface area contributed by atoms with E-state index in [-0.39, 0.29) is 5.92 Å². The Labute approximate surface area is 230 Å². The van der Waals surface area contributed by atoms with E-state index in [1.165, 1.54) is 0 Å². The number of alkyl halides is 2. The summed E-state index contributed by atoms with van der Waals surface area (Å²) in [6, 6.07) is 20.8. The number of halogens is 2. The molecule has 3 aliphatic carbocycles. The van der Waals surface area contributed by atoms with Crippen LogP contribution in [0.25, 0.3) is 0 Å². The number of benzene rings is 3. The van der Waals surface area contributed by atoms with Crippen molar-refractivity contribution in [3.8, 4) is 5.75 Å². The molecule has 3 aromatic rings. The van der Waals surface area contributed by atoms with Crippen LogP contribution >= 0.6 is 23.2 Å². The van der Waals surface area contributed by atoms with E-state index in [9.17, 15) is 14.4 Å². The molecular formula is C30H26Cl2N2O4. The van der Waals surface area contributed by atoms with Gasteiger partial charge >= 0.3 is 0 Å². The largest absolute Gasteiger partial charge is 0.497 e. The minimum Gasteiger partial charge on any atom is -0.497 e. The summed E-state index contributed by atoms with van der Waals surface area (Å²) in [4.78, 5) is 40.7. The first-order valence-corrected chi connectivity index (χ1v) is 13.3. The summed E-state index contributed by atoms with van der Waals surface area (Å²) in [5.74, 6) is -3.03. The standard InChI is InChI=1S/C30H26Cl2N2O4/c1-16(2)25(26(35)33-17-12-14-18(38-3)15-13-17)34-27(36)23-24(28(34)37)30(32)20-9-5-4-8-19(20)29(23,31)21-10-6-7-11-22(21)30/h4-16,23-25H,1-3H3,(H,33,35)/t23-,24-,25-,29?,30?/m0/s1. The Morgan fingerprint density at radius 1 is 0.816 bits per heavy atom. The predicted octanol–water partition coefficient (Wildman–Crippen LogP) is 5.25. The average molecular weight is 549 g/mol. The Bertz CT molecular complexity index is 1360. The summed E-state index contributed by atoms with van der Waals surface area (Å²) >= 11 is 15.0. The van der Waals surface area contributed by atoms with Crippen LogP contribution in [0.4, 0.5) is 5.69 Å². The summed E-state index contributed by atoms with van der Waals surface area (Å²) < 4.78 is 5.19. The molecule has 0 unspecified atom stereocenters. The number of likely N-dealkylation sites (tertiary alicyclic amines) is 1. The van der Waals surface area contributed by atoms with Crippen molar-refractivity contribution in [2.45, 2.75) is 29.6 Å². The number of anilines is 1. The number of hydrogen-bond acceptors (Lipinski definition) is 4. The van der Waals surface area contributed by atoms with Gasteiger partial charge in [0.15, 0.2) is 0 Å². The number of methoxy groups -OCH3 is 1. The number of nitrogens with one attached hydrogen (secondary N) is 1. The summed E-state index contributed by atoms with van der Waals surface area (Å²) in [6.45, 7) is 3.62. The van der Waals surface area contributed by atoms with Gasteiger partial charge in [0, 0.05) is 5.69 Å². The Morgan fingerprint density at radius 3 is 1.61 bits per heavy atom. The highest BCUT2D eigenvalue weighted by Gasteiger charge is 2.73. The zero-order valence-electron chi connectivity index (χ0n) is 21.1. The van der Waals surface area contributed by atoms with Gasteiger partial charge < -0.3 is 10.1 Å². The Hall–Kier alpha value is -3.35. The third-order valence-electron chi connectivity index (χ3n) is 8.16. The second-order valence-corrected chi connectivity index (χ2v) is 11.6. The third kappa shape index (κ3) is 3.10. The van der Waals surface area contributed by atoms with E-state index in [1.807, 2.05) is 62.4 Å². The summed E-state index contributed by atoms with van der Waals surface area (Å²) in [7, 11) is 1.56. The molecule has 1 fully saturated rings. The van der Waals surface area contributed by atoms with E-state index in [2.05, 4.69) is 5.32 Å². The minimum absolute atomic E-state index is 0.360. The molecule has 38 heavy (non-hydrogen) atoms. The number of hydrogen-bond donors (Lipinski definition) is 1. The molecule has 4 aliphatic rings. The van der Waals surface area contributed by atoms with Gasteiger partial charge in [-0.05, 0) is 52.4 Å². The van der Waals surface area contributed by atoms with Gasteiger partial charge in [0.05, 0.1) is 18.9 Å². The summed E-state index contributed by atoms with van der Waals surface area (Å²) in [5.41, 5.74) is 3.43. The first-order chi connectivity index (χ1) is 18.1. The number of amides is 3. The first-order valence-electron chi connectivity index (χ1n) is 12.5. The van der Waals surface area contributed by atoms with Crippen LogP contribution in [0.5, 0.6) is 5.75 Å². The number of rotatable bonds is 5. The van der Waals surface area contributed by atoms with Crippen molar-refractivity contribution in [2.75, 3.05) is 12.4 Å². The molecule has 1 N–H and O–H groups in total. The number of ether oxygens (including phenoxy) is 1. The molecule has 0 saturated carbocycles. The average Bonchev–Trinajstić information content (AvgIpc) is 3.18. The molecule has 8 heteroatoms. The van der Waals surface area contributed by atoms with Crippen molar-refractivity contribution in [3.63, 3.8) is 0 Å². The highest BCUT2D eigenvalue weighted by Crippen LogP contribution is 2.69. The molecule has 7 rings (SSSR count). The van der Waals surface area contributed by atoms with Gasteiger partial charge in [0.25, 0.3) is 0 Å². The number of nitrogens with zero attached hydrogens (tertiary/aromatic N) is 1. The highest BCUT2D eigenvalue weighted by atomic mass is 35.5. The molecule has 3 aromatic carbocycles. The summed E-state index contributed by atoms with van der Waals surface area (Å²) in [5, 5.41) is 2.86. The van der Waals surface area contributed by atoms with Gasteiger partial charge in [-0.1, -0.05) is 62.4 Å². The van der Waals surface area contributed by atoms with Gasteiger partial charge in [-0.3, -0.25) is 19.3 Å². The topological polar surface area (TPSA) is 75.7 Å². The van der Waals surface area contributed by atoms with E-state index >= 15 is 0 Å². The molecule has 1 aliphatic heterocycles. The Kier molecular flexibility index (Phi) is 5.64. The van der Waals surface area contributed by atoms with Crippen molar-refractivity contribution >= 4 is 46.6 Å². The fraction of sp³-hybridized carbons (Fsp3) is 0.300. The van der Waals surface area contributed by atoms with Crippen LogP contribution in [0.15, 0.2) is 72.8 Å². The second-order valence-electron chi connectivity index (χ2n) is 10.4. The first kappa shape index (κ1) is 25.0. The van der Waals surface area contributed by atoms with E-state index in [0.29, 0.717) is 11.4 Å². The maximum atomic E-state index is 14.3. The molecule has 194 valence electrons. The van der Waals surface area contributed by atoms with Crippen molar-refractivity contribution in [1.82, 2.24) is 4.90 Å². The Balaban J connectivity index is 1.45. The summed E-state index contributed by atoms with van der Waals surface area (Å²) in [6.07, 6.45) is 0. The van der Waals surface area contributed by atoms with Gasteiger partial charge in [-0.2, -0.15) is 0 Å². The SMILES string of the molecule is COc1ccc(NC(=O)[C@H](C(C)C)N2C(=O)[C@@H]3[C@@H](C2=O)C2(Cl)c4ccccc4C3(Cl)c3ccccc32)cc1. The van der Waals surface area contributed by atoms with Crippen LogP contribution in [-0.4, -0.2) is 35.8 Å². The molecular weight excluding hydrogens is 523 g/mol. The van der Waals surface area contributed by atoms with Crippen LogP contribution in [0, 0.1) is 17.8 Å². The fourth-order valence-corrected chi connectivity index (χ4v) is 7.67. The third-order valence-corrected chi connectivity index (χ3v) is 9.44. The maximum absolute atomic E-state index is 14.3. The van der Waals surface area contributed by atoms with E-state index < -0.39 is 45.3 Å². The zero-order chi connectivity index (χ0) is 27.0. The number of imide groups is 1. The maximum Gasteiger partial charge on any atom is 0.247 e. The van der Waals surface area contributed by atoms with Gasteiger partial charge in [0.2, 0.25) is 17.7 Å². The van der Waals surface area contributed by atoms with E-state index in [0.717, 1.165) is 27.2 Å². The normalized spacial score (nSPS) is 27.6. The van der Waals surface area contributed by atoms with E-state index in [4.69, 9.17) is 27.9 Å². The monoisotopic (exact) mass is 548 g/mol. The second kappa shape index (κ2) is 8.58. The van der Waals surface area contributed by atoms with Crippen molar-refractivity contribution in [2.24, 2.45) is 17.8 Å². The lowest BCUT2D eigenvalue weighted by molar-refractivity contribution is -0.148. The fourth-order valence-electron chi connectivity index (χ4n) is 6.57. The van der Waals surface area contributed by atoms with Crippen LogP contribution in [0.3, 0.4) is 0 Å².